The van der Waals surface area contributed by atoms with E-state index in [1.54, 1.807) is 0 Å². The van der Waals surface area contributed by atoms with Crippen molar-refractivity contribution in [3.8, 4) is 0 Å². The molecule has 0 aliphatic heterocycles. The molecule has 0 spiro atoms. The van der Waals surface area contributed by atoms with Gasteiger partial charge < -0.3 is 0 Å². The van der Waals surface area contributed by atoms with Crippen molar-refractivity contribution < 1.29 is 87.8 Å². The zero-order valence-electron chi connectivity index (χ0n) is 28.9. The Hall–Kier alpha value is 8.49. The number of halogens is 36. The molecule has 0 fully saturated rings. The second-order valence-corrected chi connectivity index (χ2v) is 47.6. The van der Waals surface area contributed by atoms with Crippen LogP contribution in [0.3, 0.4) is 0 Å². The summed E-state index contributed by atoms with van der Waals surface area (Å²) in [5.74, 6) is 0. The summed E-state index contributed by atoms with van der Waals surface area (Å²) in [6.45, 7) is 0. The monoisotopic (exact) mass is 1640 g/mol. The van der Waals surface area contributed by atoms with E-state index in [1.807, 2.05) is 0 Å². The molecule has 0 saturated carbocycles. The topological polar surface area (TPSA) is 0 Å². The molecule has 8 unspecified atom stereocenters. The zero-order valence-corrected chi connectivity index (χ0v) is 53.2. The average Bonchev–Trinajstić information content (AvgIpc) is 2.85. The summed E-state index contributed by atoms with van der Waals surface area (Å²) in [6.07, 6.45) is 0. The molecule has 0 aliphatic rings. The molecule has 69 heavy (non-hydrogen) atoms. The smallest absolute Gasteiger partial charge is 0.223 e. The van der Waals surface area contributed by atoms with Crippen LogP contribution in [0.15, 0.2) is 0 Å². The van der Waals surface area contributed by atoms with E-state index in [0.29, 0.717) is 0 Å². The third-order valence-corrected chi connectivity index (χ3v) is 29.4. The molecule has 0 aromatic heterocycles. The maximum atomic E-state index is 17.1. The van der Waals surface area contributed by atoms with Gasteiger partial charge in [-0.1, -0.05) is 245 Å². The lowest BCUT2D eigenvalue weighted by atomic mass is 10.8. The molecular formula is C18H2Cl16F20S15. The van der Waals surface area contributed by atoms with Crippen molar-refractivity contribution in [2.75, 3.05) is 0 Å². The summed E-state index contributed by atoms with van der Waals surface area (Å²) in [5.41, 5.74) is -12.6. The van der Waals surface area contributed by atoms with Crippen LogP contribution in [0.4, 0.5) is 87.8 Å². The SMILES string of the molecule is FC(SC(Cl)(Cl)Cl)SC(F)(F)SC(F)(SC(F)(F)F)SC(Cl)(SC(Cl)(SC(F)(SC(F)(F)F)SC(F)(F)SC(F)SC(Cl)(Cl)Cl)C(Cl)(SC(F)(F)Cl)SC(F)(Cl)Cl)C(Cl)(SC(F)(F)Cl)SC(F)(Cl)Cl. The molecule has 416 valence electrons. The van der Waals surface area contributed by atoms with E-state index < -0.39 is 251 Å². The fourth-order valence-electron chi connectivity index (χ4n) is 2.86. The minimum atomic E-state index is -6.31. The highest BCUT2D eigenvalue weighted by atomic mass is 35.6. The number of hydrogen-bond donors (Lipinski definition) is 0. The van der Waals surface area contributed by atoms with Crippen LogP contribution in [0.5, 0.6) is 0 Å². The average molecular weight is 1650 g/mol. The lowest BCUT2D eigenvalue weighted by Crippen LogP contribution is -2.49. The van der Waals surface area contributed by atoms with Crippen molar-refractivity contribution in [2.45, 2.75) is 74.9 Å². The van der Waals surface area contributed by atoms with Crippen LogP contribution in [-0.4, -0.2) is 74.9 Å². The molecule has 51 heteroatoms. The Labute approximate surface area is 517 Å². The van der Waals surface area contributed by atoms with Crippen LogP contribution < -0.4 is 0 Å². The summed E-state index contributed by atoms with van der Waals surface area (Å²) in [5, 5.41) is 0. The van der Waals surface area contributed by atoms with Gasteiger partial charge in [0.25, 0.3) is 7.33 Å². The van der Waals surface area contributed by atoms with Crippen molar-refractivity contribution in [3.63, 3.8) is 0 Å². The summed E-state index contributed by atoms with van der Waals surface area (Å²) in [7, 11) is 0. The summed E-state index contributed by atoms with van der Waals surface area (Å²) < 4.78 is 233. The first-order valence-electron chi connectivity index (χ1n) is 13.6. The van der Waals surface area contributed by atoms with Crippen molar-refractivity contribution in [2.24, 2.45) is 0 Å². The van der Waals surface area contributed by atoms with E-state index in [4.69, 9.17) is 186 Å². The highest BCUT2D eigenvalue weighted by Crippen LogP contribution is 2.82. The predicted octanol–water partition coefficient (Wildman–Crippen LogP) is 25.7. The van der Waals surface area contributed by atoms with Crippen molar-refractivity contribution in [1.29, 1.82) is 0 Å². The molecule has 0 aromatic rings. The summed E-state index contributed by atoms with van der Waals surface area (Å²) in [6, 6.07) is 0. The highest BCUT2D eigenvalue weighted by molar-refractivity contribution is 8.45. The summed E-state index contributed by atoms with van der Waals surface area (Å²) in [4.78, 5) is -6.61. The minimum absolute atomic E-state index is 0.673. The van der Waals surface area contributed by atoms with Crippen LogP contribution in [0.1, 0.15) is 0 Å². The number of thioether (sulfide) groups is 15. The van der Waals surface area contributed by atoms with E-state index in [9.17, 15) is 52.7 Å². The van der Waals surface area contributed by atoms with Crippen LogP contribution in [-0.2, 0) is 0 Å². The zero-order chi connectivity index (χ0) is 55.8. The van der Waals surface area contributed by atoms with Gasteiger partial charge in [-0.15, -0.1) is 0 Å². The fourth-order valence-corrected chi connectivity index (χ4v) is 34.0. The maximum absolute atomic E-state index is 17.1. The van der Waals surface area contributed by atoms with Gasteiger partial charge in [-0.3, -0.25) is 0 Å². The third kappa shape index (κ3) is 33.5. The predicted molar refractivity (Wildman–Crippen MR) is 281 cm³/mol. The van der Waals surface area contributed by atoms with Crippen molar-refractivity contribution in [1.82, 2.24) is 0 Å². The van der Waals surface area contributed by atoms with Crippen LogP contribution >= 0.6 is 362 Å². The van der Waals surface area contributed by atoms with Crippen molar-refractivity contribution in [3.05, 3.63) is 0 Å². The third-order valence-electron chi connectivity index (χ3n) is 4.34. The Kier molecular flexibility index (Phi) is 31.1. The number of alkyl halides is 36. The van der Waals surface area contributed by atoms with Crippen LogP contribution in [0.25, 0.3) is 0 Å². The molecule has 8 atom stereocenters. The Morgan fingerprint density at radius 3 is 0.681 bits per heavy atom. The second kappa shape index (κ2) is 27.7. The number of rotatable bonds is 28. The summed E-state index contributed by atoms with van der Waals surface area (Å²) >= 11 is 61.9. The molecule has 0 radical (unpaired) electrons. The van der Waals surface area contributed by atoms with Crippen LogP contribution in [0.2, 0.25) is 0 Å². The molecule has 0 N–H and O–H groups in total. The van der Waals surface area contributed by atoms with E-state index in [2.05, 4.69) is 0 Å². The molecule has 0 saturated heterocycles. The van der Waals surface area contributed by atoms with Gasteiger partial charge in [-0.2, -0.15) is 70.2 Å². The first-order valence-corrected chi connectivity index (χ1v) is 32.2. The van der Waals surface area contributed by atoms with Crippen molar-refractivity contribution >= 4 is 362 Å². The standard InChI is InChI=1S/C18H2Cl16F20S15/c19-3(5(21,60-9(29,30)37)62-11(33,39)40,64-17(53,66-13(43,44)45)68-15(49,50)57-1(35)55-7(23,24)25)59-4(20,6(22,61-10(31,32)38)63-12(34,41)42)65-18(54,67-14(46,47)48)69-16(51,52)58-2(36)56-8(26,27)28/h1-2H. The first-order chi connectivity index (χ1) is 29.5. The van der Waals surface area contributed by atoms with E-state index >= 15 is 35.1 Å². The van der Waals surface area contributed by atoms with Gasteiger partial charge in [0.1, 0.15) is 0 Å². The Bertz CT molecular complexity index is 1510. The highest BCUT2D eigenvalue weighted by Gasteiger charge is 2.73. The lowest BCUT2D eigenvalue weighted by Gasteiger charge is -2.50. The van der Waals surface area contributed by atoms with E-state index in [0.717, 1.165) is 0 Å². The van der Waals surface area contributed by atoms with Gasteiger partial charge in [0.2, 0.25) is 15.9 Å². The molecule has 0 heterocycles. The Morgan fingerprint density at radius 1 is 0.261 bits per heavy atom. The van der Waals surface area contributed by atoms with Gasteiger partial charge in [0, 0.05) is 23.5 Å². The van der Waals surface area contributed by atoms with E-state index in [-0.39, 0.29) is 0 Å². The Morgan fingerprint density at radius 2 is 0.493 bits per heavy atom. The molecule has 0 amide bonds. The largest absolute Gasteiger partial charge is 0.446 e. The second-order valence-electron chi connectivity index (χ2n) is 9.74. The molecule has 0 aliphatic carbocycles. The van der Waals surface area contributed by atoms with Gasteiger partial charge >= 0.3 is 37.5 Å². The van der Waals surface area contributed by atoms with Gasteiger partial charge in [0.05, 0.1) is 0 Å². The molecule has 0 nitrogen and oxygen atoms in total. The lowest BCUT2D eigenvalue weighted by molar-refractivity contribution is -0.0348. The molecule has 0 aromatic carbocycles. The quantitative estimate of drug-likeness (QED) is 0.0414. The molecular weight excluding hydrogens is 1640 g/mol. The maximum Gasteiger partial charge on any atom is 0.446 e. The van der Waals surface area contributed by atoms with Crippen LogP contribution in [0, 0.1) is 0 Å². The fraction of sp³-hybridized carbons (Fsp3) is 1.00. The Balaban J connectivity index is 9.12. The molecule has 0 bridgehead atoms. The minimum Gasteiger partial charge on any atom is -0.223 e. The first kappa shape index (κ1) is 77.5. The number of hydrogen-bond acceptors (Lipinski definition) is 15. The van der Waals surface area contributed by atoms with Gasteiger partial charge in [-0.05, 0) is 93.8 Å². The molecule has 0 rings (SSSR count). The van der Waals surface area contributed by atoms with E-state index in [1.165, 1.54) is 0 Å². The van der Waals surface area contributed by atoms with Gasteiger partial charge in [0.15, 0.2) is 14.2 Å². The van der Waals surface area contributed by atoms with Gasteiger partial charge in [-0.25, -0.2) is 17.6 Å². The normalized spacial score (nSPS) is 21.0.